The van der Waals surface area contributed by atoms with E-state index in [9.17, 15) is 4.79 Å². The summed E-state index contributed by atoms with van der Waals surface area (Å²) in [6, 6.07) is 16.3. The van der Waals surface area contributed by atoms with Crippen LogP contribution in [-0.4, -0.2) is 55.9 Å². The zero-order chi connectivity index (χ0) is 23.7. The molecular formula is C26H29N7O. The third-order valence-electron chi connectivity index (χ3n) is 6.44. The quantitative estimate of drug-likeness (QED) is 0.473. The predicted octanol–water partition coefficient (Wildman–Crippen LogP) is 4.12. The molecular weight excluding hydrogens is 426 g/mol. The van der Waals surface area contributed by atoms with Gasteiger partial charge in [-0.2, -0.15) is 5.10 Å². The zero-order valence-electron chi connectivity index (χ0n) is 19.6. The van der Waals surface area contributed by atoms with E-state index >= 15 is 0 Å². The Morgan fingerprint density at radius 1 is 1.06 bits per heavy atom. The number of hydrogen-bond donors (Lipinski definition) is 2. The minimum absolute atomic E-state index is 0.0196. The molecule has 0 unspecified atom stereocenters. The van der Waals surface area contributed by atoms with Crippen LogP contribution in [0, 0.1) is 6.92 Å². The van der Waals surface area contributed by atoms with Gasteiger partial charge in [-0.05, 0) is 44.5 Å². The van der Waals surface area contributed by atoms with Crippen LogP contribution in [0.1, 0.15) is 31.0 Å². The van der Waals surface area contributed by atoms with Crippen molar-refractivity contribution in [3.8, 4) is 5.69 Å². The lowest BCUT2D eigenvalue weighted by molar-refractivity contribution is 0.243. The first-order valence-electron chi connectivity index (χ1n) is 11.6. The van der Waals surface area contributed by atoms with Crippen molar-refractivity contribution in [2.45, 2.75) is 38.8 Å². The fourth-order valence-corrected chi connectivity index (χ4v) is 4.62. The van der Waals surface area contributed by atoms with Crippen LogP contribution < -0.4 is 10.6 Å². The number of likely N-dealkylation sites (tertiary alicyclic amines) is 1. The molecule has 1 aliphatic rings. The van der Waals surface area contributed by atoms with E-state index < -0.39 is 0 Å². The van der Waals surface area contributed by atoms with Gasteiger partial charge < -0.3 is 5.32 Å². The zero-order valence-corrected chi connectivity index (χ0v) is 19.6. The molecule has 1 aromatic carbocycles. The summed E-state index contributed by atoms with van der Waals surface area (Å²) < 4.78 is 1.82. The molecule has 2 atom stereocenters. The van der Waals surface area contributed by atoms with E-state index in [0.717, 1.165) is 35.4 Å². The number of carbonyl (C=O) groups is 1. The van der Waals surface area contributed by atoms with Crippen molar-refractivity contribution in [2.75, 3.05) is 18.4 Å². The van der Waals surface area contributed by atoms with E-state index in [1.165, 1.54) is 5.56 Å². The second-order valence-corrected chi connectivity index (χ2v) is 9.11. The first kappa shape index (κ1) is 22.0. The molecule has 0 aliphatic carbocycles. The molecule has 1 saturated heterocycles. The molecule has 0 spiro atoms. The highest BCUT2D eigenvalue weighted by Crippen LogP contribution is 2.29. The summed E-state index contributed by atoms with van der Waals surface area (Å²) in [7, 11) is 0. The van der Waals surface area contributed by atoms with Crippen molar-refractivity contribution in [1.29, 1.82) is 0 Å². The average molecular weight is 456 g/mol. The molecule has 3 aromatic heterocycles. The number of hydrogen-bond acceptors (Lipinski definition) is 5. The van der Waals surface area contributed by atoms with Gasteiger partial charge in [0, 0.05) is 42.3 Å². The van der Waals surface area contributed by atoms with Crippen LogP contribution >= 0.6 is 0 Å². The van der Waals surface area contributed by atoms with Gasteiger partial charge in [-0.1, -0.05) is 30.3 Å². The number of anilines is 1. The maximum Gasteiger partial charge on any atom is 0.320 e. The fourth-order valence-electron chi connectivity index (χ4n) is 4.62. The van der Waals surface area contributed by atoms with Crippen molar-refractivity contribution >= 4 is 22.8 Å². The summed E-state index contributed by atoms with van der Waals surface area (Å²) in [5.74, 6) is 0.734. The first-order chi connectivity index (χ1) is 16.5. The molecule has 2 N–H and O–H groups in total. The Labute approximate surface area is 199 Å². The molecule has 1 fully saturated rings. The number of fused-ring (bicyclic) bond motifs is 1. The standard InChI is InChI=1S/C26H29N7O/c1-17(2)32-15-22(19-7-5-4-6-8-19)23(16-32)30-26(34)31-25-12-20-13-29-33(24(20)14-28-25)21-9-10-27-18(3)11-21/h4-14,17,22-23H,15-16H2,1-3H3,(H2,28,30,31,34)/t22-,23+/m1/s1. The Kier molecular flexibility index (Phi) is 5.98. The number of carbonyl (C=O) groups excluding carboxylic acids is 1. The molecule has 174 valence electrons. The number of amides is 2. The van der Waals surface area contributed by atoms with Crippen LogP contribution in [-0.2, 0) is 0 Å². The predicted molar refractivity (Wildman–Crippen MR) is 133 cm³/mol. The lowest BCUT2D eigenvalue weighted by Gasteiger charge is -2.20. The highest BCUT2D eigenvalue weighted by atomic mass is 16.2. The lowest BCUT2D eigenvalue weighted by Crippen LogP contribution is -2.42. The Morgan fingerprint density at radius 2 is 1.88 bits per heavy atom. The second-order valence-electron chi connectivity index (χ2n) is 9.11. The normalized spacial score (nSPS) is 18.5. The third kappa shape index (κ3) is 4.49. The number of benzene rings is 1. The Hall–Kier alpha value is -3.78. The summed E-state index contributed by atoms with van der Waals surface area (Å²) >= 11 is 0. The van der Waals surface area contributed by atoms with Gasteiger partial charge in [0.15, 0.2) is 0 Å². The maximum atomic E-state index is 12.9. The number of urea groups is 1. The molecule has 5 rings (SSSR count). The molecule has 4 heterocycles. The average Bonchev–Trinajstić information content (AvgIpc) is 3.44. The highest BCUT2D eigenvalue weighted by Gasteiger charge is 2.35. The monoisotopic (exact) mass is 455 g/mol. The minimum Gasteiger partial charge on any atom is -0.333 e. The van der Waals surface area contributed by atoms with Gasteiger partial charge in [0.25, 0.3) is 0 Å². The van der Waals surface area contributed by atoms with Crippen molar-refractivity contribution in [3.05, 3.63) is 78.4 Å². The minimum atomic E-state index is -0.250. The van der Waals surface area contributed by atoms with E-state index in [2.05, 4.69) is 68.7 Å². The summed E-state index contributed by atoms with van der Waals surface area (Å²) in [6.45, 7) is 8.06. The molecule has 0 saturated carbocycles. The molecule has 0 radical (unpaired) electrons. The van der Waals surface area contributed by atoms with Gasteiger partial charge in [0.2, 0.25) is 0 Å². The van der Waals surface area contributed by atoms with Crippen molar-refractivity contribution in [1.82, 2.24) is 30.0 Å². The van der Waals surface area contributed by atoms with Gasteiger partial charge in [0.1, 0.15) is 5.82 Å². The van der Waals surface area contributed by atoms with E-state index in [1.807, 2.05) is 35.9 Å². The fraction of sp³-hybridized carbons (Fsp3) is 0.308. The molecule has 34 heavy (non-hydrogen) atoms. The lowest BCUT2D eigenvalue weighted by atomic mass is 9.94. The van der Waals surface area contributed by atoms with Gasteiger partial charge in [0.05, 0.1) is 29.6 Å². The van der Waals surface area contributed by atoms with Crippen molar-refractivity contribution < 1.29 is 4.79 Å². The Balaban J connectivity index is 1.31. The number of pyridine rings is 2. The summed E-state index contributed by atoms with van der Waals surface area (Å²) in [4.78, 5) is 24.0. The molecule has 0 bridgehead atoms. The van der Waals surface area contributed by atoms with E-state index in [4.69, 9.17) is 0 Å². The third-order valence-corrected chi connectivity index (χ3v) is 6.44. The summed E-state index contributed by atoms with van der Waals surface area (Å²) in [5, 5.41) is 11.5. The number of nitrogens with one attached hydrogen (secondary N) is 2. The van der Waals surface area contributed by atoms with E-state index in [1.54, 1.807) is 18.6 Å². The molecule has 8 heteroatoms. The first-order valence-corrected chi connectivity index (χ1v) is 11.6. The Morgan fingerprint density at radius 3 is 2.65 bits per heavy atom. The van der Waals surface area contributed by atoms with E-state index in [0.29, 0.717) is 11.9 Å². The Bertz CT molecular complexity index is 1300. The van der Waals surface area contributed by atoms with Gasteiger partial charge in [-0.15, -0.1) is 0 Å². The number of rotatable bonds is 5. The topological polar surface area (TPSA) is 88.0 Å². The van der Waals surface area contributed by atoms with Gasteiger partial charge in [-0.3, -0.25) is 15.2 Å². The largest absolute Gasteiger partial charge is 0.333 e. The molecule has 4 aromatic rings. The van der Waals surface area contributed by atoms with Crippen LogP contribution in [0.5, 0.6) is 0 Å². The number of aryl methyl sites for hydroxylation is 1. The van der Waals surface area contributed by atoms with Crippen molar-refractivity contribution in [2.24, 2.45) is 0 Å². The SMILES string of the molecule is Cc1cc(-n2ncc3cc(NC(=O)N[C@H]4CN(C(C)C)C[C@@H]4c4ccccc4)ncc32)ccn1. The molecule has 8 nitrogen and oxygen atoms in total. The van der Waals surface area contributed by atoms with Crippen LogP contribution in [0.4, 0.5) is 10.6 Å². The van der Waals surface area contributed by atoms with Gasteiger partial charge in [-0.25, -0.2) is 14.5 Å². The smallest absolute Gasteiger partial charge is 0.320 e. The van der Waals surface area contributed by atoms with Crippen LogP contribution in [0.2, 0.25) is 0 Å². The van der Waals surface area contributed by atoms with Crippen LogP contribution in [0.3, 0.4) is 0 Å². The van der Waals surface area contributed by atoms with E-state index in [-0.39, 0.29) is 18.0 Å². The van der Waals surface area contributed by atoms with Crippen molar-refractivity contribution in [3.63, 3.8) is 0 Å². The summed E-state index contributed by atoms with van der Waals surface area (Å²) in [6.07, 6.45) is 5.27. The number of aromatic nitrogens is 4. The van der Waals surface area contributed by atoms with Crippen LogP contribution in [0.15, 0.2) is 67.1 Å². The molecule has 1 aliphatic heterocycles. The summed E-state index contributed by atoms with van der Waals surface area (Å²) in [5.41, 5.74) is 3.95. The van der Waals surface area contributed by atoms with Gasteiger partial charge >= 0.3 is 6.03 Å². The molecule has 2 amide bonds. The maximum absolute atomic E-state index is 12.9. The van der Waals surface area contributed by atoms with Crippen LogP contribution in [0.25, 0.3) is 16.6 Å². The number of nitrogens with zero attached hydrogens (tertiary/aromatic N) is 5. The highest BCUT2D eigenvalue weighted by molar-refractivity contribution is 5.91. The second kappa shape index (κ2) is 9.23.